The maximum absolute atomic E-state index is 13.5. The molecule has 6 nitrogen and oxygen atoms in total. The molecule has 4 aromatic rings. The lowest BCUT2D eigenvalue weighted by Crippen LogP contribution is -2.30. The van der Waals surface area contributed by atoms with Crippen LogP contribution in [0.3, 0.4) is 0 Å². The third-order valence-electron chi connectivity index (χ3n) is 5.93. The number of ketones is 1. The van der Waals surface area contributed by atoms with Gasteiger partial charge in [0.25, 0.3) is 5.91 Å². The van der Waals surface area contributed by atoms with Gasteiger partial charge in [0.1, 0.15) is 5.75 Å². The summed E-state index contributed by atoms with van der Waals surface area (Å²) in [6.07, 6.45) is 3.10. The van der Waals surface area contributed by atoms with Gasteiger partial charge in [0.15, 0.2) is 10.9 Å². The summed E-state index contributed by atoms with van der Waals surface area (Å²) < 4.78 is 6.74. The highest BCUT2D eigenvalue weighted by atomic mass is 35.5. The van der Waals surface area contributed by atoms with Crippen LogP contribution >= 0.6 is 34.3 Å². The van der Waals surface area contributed by atoms with Crippen molar-refractivity contribution in [2.75, 3.05) is 11.5 Å². The minimum Gasteiger partial charge on any atom is -0.503 e. The van der Waals surface area contributed by atoms with Crippen molar-refractivity contribution in [2.24, 2.45) is 0 Å². The third-order valence-corrected chi connectivity index (χ3v) is 8.05. The lowest BCUT2D eigenvalue weighted by atomic mass is 9.95. The number of fused-ring (bicyclic) bond motifs is 1. The smallest absolute Gasteiger partial charge is 0.296 e. The standard InChI is InChI=1S/C27H23ClN2O4S2/c1-2-3-4-12-34-18-8-5-7-16(14-18)23-22(24(31)20-9-6-13-35-20)25(32)26(33)30(23)27-29-19-11-10-17(28)15-21(19)36-27/h5-11,13-15,23,32H,2-4,12H2,1H3. The Morgan fingerprint density at radius 1 is 1.17 bits per heavy atom. The highest BCUT2D eigenvalue weighted by Gasteiger charge is 2.46. The molecule has 1 aliphatic rings. The second kappa shape index (κ2) is 10.4. The van der Waals surface area contributed by atoms with E-state index in [4.69, 9.17) is 16.3 Å². The normalized spacial score (nSPS) is 15.8. The molecule has 184 valence electrons. The number of Topliss-reactive ketones (excluding diaryl/α,β-unsaturated/α-hetero) is 1. The summed E-state index contributed by atoms with van der Waals surface area (Å²) >= 11 is 8.70. The number of hydrogen-bond donors (Lipinski definition) is 1. The summed E-state index contributed by atoms with van der Waals surface area (Å²) in [7, 11) is 0. The number of halogens is 1. The Balaban J connectivity index is 1.59. The number of benzene rings is 2. The number of nitrogens with zero attached hydrogens (tertiary/aromatic N) is 2. The molecule has 0 radical (unpaired) electrons. The van der Waals surface area contributed by atoms with Crippen LogP contribution in [0, 0.1) is 0 Å². The number of thiazole rings is 1. The van der Waals surface area contributed by atoms with Gasteiger partial charge >= 0.3 is 0 Å². The molecule has 0 saturated heterocycles. The van der Waals surface area contributed by atoms with Crippen LogP contribution in [0.25, 0.3) is 10.2 Å². The summed E-state index contributed by atoms with van der Waals surface area (Å²) in [6.45, 7) is 2.71. The molecule has 2 aromatic heterocycles. The molecule has 1 atom stereocenters. The molecule has 0 saturated carbocycles. The van der Waals surface area contributed by atoms with Crippen LogP contribution in [-0.4, -0.2) is 28.4 Å². The predicted molar refractivity (Wildman–Crippen MR) is 145 cm³/mol. The quantitative estimate of drug-likeness (QED) is 0.178. The Kier molecular flexibility index (Phi) is 7.09. The van der Waals surface area contributed by atoms with Crippen molar-refractivity contribution in [1.29, 1.82) is 0 Å². The predicted octanol–water partition coefficient (Wildman–Crippen LogP) is 7.36. The van der Waals surface area contributed by atoms with Gasteiger partial charge in [-0.25, -0.2) is 4.98 Å². The lowest BCUT2D eigenvalue weighted by Gasteiger charge is -2.24. The van der Waals surface area contributed by atoms with Crippen LogP contribution in [0.4, 0.5) is 5.13 Å². The Morgan fingerprint density at radius 2 is 2.03 bits per heavy atom. The maximum Gasteiger partial charge on any atom is 0.296 e. The van der Waals surface area contributed by atoms with E-state index in [2.05, 4.69) is 11.9 Å². The molecule has 2 aromatic carbocycles. The lowest BCUT2D eigenvalue weighted by molar-refractivity contribution is -0.117. The average Bonchev–Trinajstić information content (AvgIpc) is 3.60. The minimum atomic E-state index is -0.859. The topological polar surface area (TPSA) is 79.7 Å². The Hall–Kier alpha value is -3.20. The molecule has 1 aliphatic heterocycles. The van der Waals surface area contributed by atoms with Gasteiger partial charge in [-0.3, -0.25) is 14.5 Å². The second-order valence-corrected chi connectivity index (χ2v) is 10.8. The zero-order valence-corrected chi connectivity index (χ0v) is 21.8. The van der Waals surface area contributed by atoms with Crippen molar-refractivity contribution in [3.8, 4) is 5.75 Å². The number of anilines is 1. The molecule has 1 unspecified atom stereocenters. The van der Waals surface area contributed by atoms with Crippen LogP contribution in [0.5, 0.6) is 5.75 Å². The Morgan fingerprint density at radius 3 is 2.81 bits per heavy atom. The fourth-order valence-corrected chi connectivity index (χ4v) is 6.14. The number of aliphatic hydroxyl groups excluding tert-OH is 1. The van der Waals surface area contributed by atoms with Gasteiger partial charge < -0.3 is 9.84 Å². The van der Waals surface area contributed by atoms with E-state index < -0.39 is 17.7 Å². The van der Waals surface area contributed by atoms with Crippen molar-refractivity contribution in [1.82, 2.24) is 4.98 Å². The summed E-state index contributed by atoms with van der Waals surface area (Å²) in [6, 6.07) is 15.2. The van der Waals surface area contributed by atoms with E-state index in [1.165, 1.54) is 27.6 Å². The van der Waals surface area contributed by atoms with Gasteiger partial charge in [0.2, 0.25) is 5.78 Å². The number of carbonyl (C=O) groups excluding carboxylic acids is 2. The molecule has 9 heteroatoms. The zero-order chi connectivity index (χ0) is 25.2. The first-order valence-corrected chi connectivity index (χ1v) is 13.7. The van der Waals surface area contributed by atoms with E-state index in [0.29, 0.717) is 38.5 Å². The number of unbranched alkanes of at least 4 members (excludes halogenated alkanes) is 2. The molecule has 3 heterocycles. The van der Waals surface area contributed by atoms with Crippen molar-refractivity contribution in [3.05, 3.63) is 86.8 Å². The van der Waals surface area contributed by atoms with Crippen molar-refractivity contribution in [3.63, 3.8) is 0 Å². The average molecular weight is 539 g/mol. The number of rotatable bonds is 9. The molecule has 0 bridgehead atoms. The molecule has 1 amide bonds. The SMILES string of the molecule is CCCCCOc1cccc(C2C(C(=O)c3cccs3)=C(O)C(=O)N2c2nc3ccc(Cl)cc3s2)c1. The van der Waals surface area contributed by atoms with Gasteiger partial charge in [-0.05, 0) is 53.8 Å². The van der Waals surface area contributed by atoms with Crippen molar-refractivity contribution >= 4 is 61.3 Å². The van der Waals surface area contributed by atoms with Crippen LogP contribution in [-0.2, 0) is 4.79 Å². The molecule has 0 fully saturated rings. The largest absolute Gasteiger partial charge is 0.503 e. The van der Waals surface area contributed by atoms with Crippen LogP contribution in [0.15, 0.2) is 71.3 Å². The number of carbonyl (C=O) groups is 2. The number of amides is 1. The number of hydrogen-bond acceptors (Lipinski definition) is 7. The molecular weight excluding hydrogens is 516 g/mol. The first-order valence-electron chi connectivity index (χ1n) is 11.6. The third kappa shape index (κ3) is 4.64. The number of aromatic nitrogens is 1. The van der Waals surface area contributed by atoms with E-state index in [0.717, 1.165) is 24.0 Å². The molecule has 0 spiro atoms. The van der Waals surface area contributed by atoms with E-state index >= 15 is 0 Å². The Bertz CT molecular complexity index is 1460. The van der Waals surface area contributed by atoms with E-state index in [9.17, 15) is 14.7 Å². The highest BCUT2D eigenvalue weighted by Crippen LogP contribution is 2.45. The summed E-state index contributed by atoms with van der Waals surface area (Å²) in [4.78, 5) is 33.4. The van der Waals surface area contributed by atoms with Crippen LogP contribution in [0.1, 0.15) is 47.5 Å². The second-order valence-electron chi connectivity index (χ2n) is 8.38. The van der Waals surface area contributed by atoms with E-state index in [-0.39, 0.29) is 11.4 Å². The summed E-state index contributed by atoms with van der Waals surface area (Å²) in [5.74, 6) is -0.979. The van der Waals surface area contributed by atoms with Gasteiger partial charge in [0.05, 0.1) is 33.3 Å². The molecule has 5 rings (SSSR count). The summed E-state index contributed by atoms with van der Waals surface area (Å²) in [5, 5.41) is 13.7. The molecule has 0 aliphatic carbocycles. The molecule has 36 heavy (non-hydrogen) atoms. The van der Waals surface area contributed by atoms with Crippen LogP contribution < -0.4 is 9.64 Å². The number of aliphatic hydroxyl groups is 1. The first-order chi connectivity index (χ1) is 17.5. The highest BCUT2D eigenvalue weighted by molar-refractivity contribution is 7.22. The van der Waals surface area contributed by atoms with E-state index in [1.54, 1.807) is 35.7 Å². The fraction of sp³-hybridized carbons (Fsp3) is 0.222. The van der Waals surface area contributed by atoms with Gasteiger partial charge in [0, 0.05) is 5.02 Å². The number of thiophene rings is 1. The van der Waals surface area contributed by atoms with Crippen molar-refractivity contribution in [2.45, 2.75) is 32.2 Å². The van der Waals surface area contributed by atoms with Crippen LogP contribution in [0.2, 0.25) is 5.02 Å². The van der Waals surface area contributed by atoms with E-state index in [1.807, 2.05) is 24.3 Å². The minimum absolute atomic E-state index is 0.0304. The molecule has 1 N–H and O–H groups in total. The number of ether oxygens (including phenoxy) is 1. The monoisotopic (exact) mass is 538 g/mol. The maximum atomic E-state index is 13.5. The van der Waals surface area contributed by atoms with Gasteiger partial charge in [-0.2, -0.15) is 0 Å². The first kappa shape index (κ1) is 24.5. The van der Waals surface area contributed by atoms with Crippen molar-refractivity contribution < 1.29 is 19.4 Å². The Labute approximate surface area is 221 Å². The zero-order valence-electron chi connectivity index (χ0n) is 19.4. The summed E-state index contributed by atoms with van der Waals surface area (Å²) in [5.41, 5.74) is 1.36. The fourth-order valence-electron chi connectivity index (χ4n) is 4.20. The molecular formula is C27H23ClN2O4S2. The van der Waals surface area contributed by atoms with Gasteiger partial charge in [-0.15, -0.1) is 11.3 Å². The van der Waals surface area contributed by atoms with Gasteiger partial charge in [-0.1, -0.05) is 60.9 Å².